The zero-order valence-corrected chi connectivity index (χ0v) is 20.2. The number of carbonyl (C=O) groups is 2. The van der Waals surface area contributed by atoms with E-state index >= 15 is 0 Å². The van der Waals surface area contributed by atoms with Crippen LogP contribution in [0.3, 0.4) is 0 Å². The number of hydrogen-bond acceptors (Lipinski definition) is 4. The van der Waals surface area contributed by atoms with Gasteiger partial charge in [-0.25, -0.2) is 0 Å². The van der Waals surface area contributed by atoms with Crippen LogP contribution in [0.1, 0.15) is 41.7 Å². The zero-order valence-electron chi connectivity index (χ0n) is 18.7. The maximum absolute atomic E-state index is 13.2. The van der Waals surface area contributed by atoms with Crippen LogP contribution >= 0.6 is 23.2 Å². The van der Waals surface area contributed by atoms with Crippen LogP contribution in [0, 0.1) is 5.92 Å². The summed E-state index contributed by atoms with van der Waals surface area (Å²) in [5, 5.41) is 4.02. The minimum Gasteiger partial charge on any atom is -0.354 e. The fourth-order valence-electron chi connectivity index (χ4n) is 4.95. The molecule has 8 heteroatoms. The molecule has 1 N–H and O–H groups in total. The Bertz CT molecular complexity index is 958. The van der Waals surface area contributed by atoms with Gasteiger partial charge in [-0.05, 0) is 49.1 Å². The molecule has 2 heterocycles. The lowest BCUT2D eigenvalue weighted by Gasteiger charge is -2.40. The second-order valence-electron chi connectivity index (χ2n) is 8.80. The van der Waals surface area contributed by atoms with Crippen molar-refractivity contribution in [3.05, 3.63) is 63.9 Å². The summed E-state index contributed by atoms with van der Waals surface area (Å²) >= 11 is 12.2. The predicted molar refractivity (Wildman–Crippen MR) is 131 cm³/mol. The molecule has 2 fully saturated rings. The van der Waals surface area contributed by atoms with Gasteiger partial charge in [0, 0.05) is 56.1 Å². The fourth-order valence-corrected chi connectivity index (χ4v) is 5.44. The number of halogens is 2. The molecule has 1 atom stereocenters. The molecule has 4 rings (SSSR count). The number of hydrogen-bond donors (Lipinski definition) is 1. The van der Waals surface area contributed by atoms with Crippen molar-refractivity contribution < 1.29 is 9.59 Å². The molecular weight excluding hydrogens is 459 g/mol. The van der Waals surface area contributed by atoms with Gasteiger partial charge in [0.15, 0.2) is 0 Å². The summed E-state index contributed by atoms with van der Waals surface area (Å²) in [5.74, 6) is 0.375. The number of amides is 2. The van der Waals surface area contributed by atoms with Crippen LogP contribution in [-0.2, 0) is 11.2 Å². The molecule has 1 aliphatic heterocycles. The zero-order chi connectivity index (χ0) is 23.2. The first-order valence-electron chi connectivity index (χ1n) is 11.7. The van der Waals surface area contributed by atoms with Gasteiger partial charge in [-0.15, -0.1) is 0 Å². The number of nitrogens with zero attached hydrogens (tertiary/aromatic N) is 3. The minimum absolute atomic E-state index is 0.0893. The molecular formula is C25H30Cl2N4O2. The highest BCUT2D eigenvalue weighted by molar-refractivity contribution is 6.36. The van der Waals surface area contributed by atoms with Crippen molar-refractivity contribution in [2.45, 2.75) is 38.1 Å². The lowest BCUT2D eigenvalue weighted by Crippen LogP contribution is -2.58. The summed E-state index contributed by atoms with van der Waals surface area (Å²) in [5.41, 5.74) is 1.44. The van der Waals surface area contributed by atoms with E-state index in [-0.39, 0.29) is 17.9 Å². The first-order valence-corrected chi connectivity index (χ1v) is 12.4. The molecule has 1 saturated heterocycles. The molecule has 1 aromatic carbocycles. The first-order chi connectivity index (χ1) is 16.0. The van der Waals surface area contributed by atoms with Crippen LogP contribution in [-0.4, -0.2) is 65.4 Å². The summed E-state index contributed by atoms with van der Waals surface area (Å²) in [6, 6.07) is 10.6. The topological polar surface area (TPSA) is 65.5 Å². The maximum atomic E-state index is 13.2. The van der Waals surface area contributed by atoms with E-state index in [2.05, 4.69) is 15.2 Å². The van der Waals surface area contributed by atoms with Gasteiger partial charge in [-0.2, -0.15) is 0 Å². The second kappa shape index (κ2) is 11.3. The van der Waals surface area contributed by atoms with E-state index in [1.54, 1.807) is 24.4 Å². The molecule has 6 nitrogen and oxygen atoms in total. The normalized spacial score (nSPS) is 18.3. The van der Waals surface area contributed by atoms with Crippen molar-refractivity contribution in [3.63, 3.8) is 0 Å². The molecule has 2 aliphatic rings. The highest BCUT2D eigenvalue weighted by Gasteiger charge is 2.37. The summed E-state index contributed by atoms with van der Waals surface area (Å²) in [6.45, 7) is 3.06. The average Bonchev–Trinajstić information content (AvgIpc) is 3.34. The summed E-state index contributed by atoms with van der Waals surface area (Å²) < 4.78 is 0. The van der Waals surface area contributed by atoms with Crippen LogP contribution in [0.25, 0.3) is 0 Å². The van der Waals surface area contributed by atoms with Gasteiger partial charge in [0.25, 0.3) is 5.91 Å². The predicted octanol–water partition coefficient (Wildman–Crippen LogP) is 4.06. The molecule has 2 amide bonds. The van der Waals surface area contributed by atoms with E-state index in [4.69, 9.17) is 23.2 Å². The SMILES string of the molecule is O=C(NCCc1ccccn1)C(C1CCCC1)N1CCN(C(=O)c2ccc(Cl)cc2Cl)CC1. The molecule has 0 spiro atoms. The Balaban J connectivity index is 1.36. The van der Waals surface area contributed by atoms with Gasteiger partial charge < -0.3 is 10.2 Å². The third kappa shape index (κ3) is 6.05. The Morgan fingerprint density at radius 3 is 2.48 bits per heavy atom. The highest BCUT2D eigenvalue weighted by atomic mass is 35.5. The molecule has 176 valence electrons. The van der Waals surface area contributed by atoms with Crippen molar-refractivity contribution in [2.24, 2.45) is 5.92 Å². The minimum atomic E-state index is -0.146. The molecule has 1 saturated carbocycles. The van der Waals surface area contributed by atoms with Gasteiger partial charge in [0.05, 0.1) is 16.6 Å². The number of benzene rings is 1. The quantitative estimate of drug-likeness (QED) is 0.637. The van der Waals surface area contributed by atoms with E-state index in [1.807, 2.05) is 23.1 Å². The standard InChI is InChI=1S/C25H30Cl2N4O2/c26-19-8-9-21(22(27)17-19)25(33)31-15-13-30(14-16-31)23(18-5-1-2-6-18)24(32)29-12-10-20-7-3-4-11-28-20/h3-4,7-9,11,17-18,23H,1-2,5-6,10,12-16H2,(H,29,32). The fraction of sp³-hybridized carbons (Fsp3) is 0.480. The summed E-state index contributed by atoms with van der Waals surface area (Å²) in [6.07, 6.45) is 7.01. The largest absolute Gasteiger partial charge is 0.354 e. The lowest BCUT2D eigenvalue weighted by molar-refractivity contribution is -0.129. The summed E-state index contributed by atoms with van der Waals surface area (Å²) in [4.78, 5) is 34.6. The van der Waals surface area contributed by atoms with Crippen LogP contribution in [0.15, 0.2) is 42.6 Å². The number of rotatable bonds is 7. The molecule has 1 unspecified atom stereocenters. The second-order valence-corrected chi connectivity index (χ2v) is 9.65. The van der Waals surface area contributed by atoms with E-state index in [0.29, 0.717) is 60.7 Å². The van der Waals surface area contributed by atoms with Gasteiger partial charge in [0.2, 0.25) is 5.91 Å². The van der Waals surface area contributed by atoms with E-state index < -0.39 is 0 Å². The smallest absolute Gasteiger partial charge is 0.255 e. The van der Waals surface area contributed by atoms with Crippen molar-refractivity contribution in [2.75, 3.05) is 32.7 Å². The molecule has 0 radical (unpaired) electrons. The average molecular weight is 489 g/mol. The van der Waals surface area contributed by atoms with Crippen LogP contribution in [0.2, 0.25) is 10.0 Å². The van der Waals surface area contributed by atoms with Gasteiger partial charge in [-0.1, -0.05) is 42.1 Å². The van der Waals surface area contributed by atoms with E-state index in [9.17, 15) is 9.59 Å². The molecule has 33 heavy (non-hydrogen) atoms. The maximum Gasteiger partial charge on any atom is 0.255 e. The number of piperazine rings is 1. The number of pyridine rings is 1. The lowest BCUT2D eigenvalue weighted by atomic mass is 9.95. The van der Waals surface area contributed by atoms with Crippen molar-refractivity contribution in [1.82, 2.24) is 20.1 Å². The number of aromatic nitrogens is 1. The van der Waals surface area contributed by atoms with Crippen molar-refractivity contribution in [1.29, 1.82) is 0 Å². The third-order valence-electron chi connectivity index (χ3n) is 6.68. The summed E-state index contributed by atoms with van der Waals surface area (Å²) in [7, 11) is 0. The Labute approximate surface area is 205 Å². The number of nitrogens with one attached hydrogen (secondary N) is 1. The molecule has 1 aliphatic carbocycles. The Kier molecular flexibility index (Phi) is 8.23. The van der Waals surface area contributed by atoms with Crippen molar-refractivity contribution >= 4 is 35.0 Å². The third-order valence-corrected chi connectivity index (χ3v) is 7.23. The van der Waals surface area contributed by atoms with Crippen molar-refractivity contribution in [3.8, 4) is 0 Å². The first kappa shape index (κ1) is 24.0. The molecule has 2 aromatic rings. The van der Waals surface area contributed by atoms with Gasteiger partial charge >= 0.3 is 0 Å². The Hall–Kier alpha value is -2.15. The van der Waals surface area contributed by atoms with Gasteiger partial charge in [-0.3, -0.25) is 19.5 Å². The Morgan fingerprint density at radius 2 is 1.82 bits per heavy atom. The van der Waals surface area contributed by atoms with Crippen LogP contribution in [0.4, 0.5) is 0 Å². The molecule has 1 aromatic heterocycles. The van der Waals surface area contributed by atoms with Crippen LogP contribution in [0.5, 0.6) is 0 Å². The van der Waals surface area contributed by atoms with Crippen LogP contribution < -0.4 is 5.32 Å². The Morgan fingerprint density at radius 1 is 1.06 bits per heavy atom. The number of carbonyl (C=O) groups excluding carboxylic acids is 2. The monoisotopic (exact) mass is 488 g/mol. The molecule has 0 bridgehead atoms. The highest BCUT2D eigenvalue weighted by Crippen LogP contribution is 2.31. The van der Waals surface area contributed by atoms with Gasteiger partial charge in [0.1, 0.15) is 0 Å². The van der Waals surface area contributed by atoms with E-state index in [1.165, 1.54) is 12.8 Å². The van der Waals surface area contributed by atoms with E-state index in [0.717, 1.165) is 18.5 Å².